The van der Waals surface area contributed by atoms with Gasteiger partial charge in [-0.05, 0) is 49.6 Å². The first kappa shape index (κ1) is 14.0. The number of benzene rings is 1. The molecule has 1 aromatic rings. The van der Waals surface area contributed by atoms with Gasteiger partial charge in [0.25, 0.3) is 0 Å². The molecule has 0 fully saturated rings. The lowest BCUT2D eigenvalue weighted by atomic mass is 10.1. The zero-order chi connectivity index (χ0) is 12.8. The Kier molecular flexibility index (Phi) is 5.45. The van der Waals surface area contributed by atoms with Gasteiger partial charge in [0, 0.05) is 17.1 Å². The van der Waals surface area contributed by atoms with Crippen LogP contribution in [0.2, 0.25) is 5.02 Å². The quantitative estimate of drug-likeness (QED) is 0.849. The molecule has 1 aromatic carbocycles. The minimum Gasteiger partial charge on any atom is -0.330 e. The standard InChI is InChI=1S/C13H19ClN2O/c1-9(8-15)3-6-13(17)16-12-5-4-11(14)7-10(12)2/h4-5,7,9H,3,6,8,15H2,1-2H3,(H,16,17). The van der Waals surface area contributed by atoms with Crippen LogP contribution >= 0.6 is 11.6 Å². The molecule has 0 radical (unpaired) electrons. The monoisotopic (exact) mass is 254 g/mol. The Morgan fingerprint density at radius 2 is 2.24 bits per heavy atom. The predicted molar refractivity (Wildman–Crippen MR) is 72.3 cm³/mol. The van der Waals surface area contributed by atoms with Crippen LogP contribution in [0.4, 0.5) is 5.69 Å². The van der Waals surface area contributed by atoms with E-state index >= 15 is 0 Å². The van der Waals surface area contributed by atoms with E-state index in [1.807, 2.05) is 26.0 Å². The van der Waals surface area contributed by atoms with E-state index in [9.17, 15) is 4.79 Å². The normalized spacial score (nSPS) is 12.2. The van der Waals surface area contributed by atoms with Crippen molar-refractivity contribution in [1.82, 2.24) is 0 Å². The minimum atomic E-state index is 0.0238. The van der Waals surface area contributed by atoms with Crippen LogP contribution in [0.5, 0.6) is 0 Å². The van der Waals surface area contributed by atoms with Gasteiger partial charge >= 0.3 is 0 Å². The number of rotatable bonds is 5. The summed E-state index contributed by atoms with van der Waals surface area (Å²) in [5.41, 5.74) is 7.29. The van der Waals surface area contributed by atoms with E-state index in [1.54, 1.807) is 6.07 Å². The zero-order valence-electron chi connectivity index (χ0n) is 10.3. The molecule has 1 amide bonds. The topological polar surface area (TPSA) is 55.1 Å². The molecular weight excluding hydrogens is 236 g/mol. The summed E-state index contributed by atoms with van der Waals surface area (Å²) >= 11 is 5.85. The third-order valence-electron chi connectivity index (χ3n) is 2.73. The number of hydrogen-bond acceptors (Lipinski definition) is 2. The molecule has 17 heavy (non-hydrogen) atoms. The highest BCUT2D eigenvalue weighted by Gasteiger charge is 2.07. The van der Waals surface area contributed by atoms with Gasteiger partial charge in [0.2, 0.25) is 5.91 Å². The fraction of sp³-hybridized carbons (Fsp3) is 0.462. The van der Waals surface area contributed by atoms with Crippen LogP contribution in [0, 0.1) is 12.8 Å². The average molecular weight is 255 g/mol. The summed E-state index contributed by atoms with van der Waals surface area (Å²) in [7, 11) is 0. The van der Waals surface area contributed by atoms with E-state index in [2.05, 4.69) is 5.32 Å². The molecule has 0 bridgehead atoms. The molecule has 1 atom stereocenters. The van der Waals surface area contributed by atoms with Crippen molar-refractivity contribution in [2.45, 2.75) is 26.7 Å². The van der Waals surface area contributed by atoms with Crippen LogP contribution in [0.1, 0.15) is 25.3 Å². The van der Waals surface area contributed by atoms with Crippen LogP contribution in [0.15, 0.2) is 18.2 Å². The number of hydrogen-bond donors (Lipinski definition) is 2. The Hall–Kier alpha value is -1.06. The van der Waals surface area contributed by atoms with Gasteiger partial charge in [-0.25, -0.2) is 0 Å². The first-order valence-electron chi connectivity index (χ1n) is 5.79. The van der Waals surface area contributed by atoms with Crippen LogP contribution < -0.4 is 11.1 Å². The summed E-state index contributed by atoms with van der Waals surface area (Å²) in [6, 6.07) is 5.42. The highest BCUT2D eigenvalue weighted by molar-refractivity contribution is 6.30. The number of nitrogens with one attached hydrogen (secondary N) is 1. The third-order valence-corrected chi connectivity index (χ3v) is 2.96. The Balaban J connectivity index is 2.50. The Bertz CT molecular complexity index is 393. The van der Waals surface area contributed by atoms with Crippen molar-refractivity contribution in [2.24, 2.45) is 11.7 Å². The lowest BCUT2D eigenvalue weighted by molar-refractivity contribution is -0.116. The van der Waals surface area contributed by atoms with Crippen LogP contribution in [0.3, 0.4) is 0 Å². The molecule has 3 N–H and O–H groups in total. The van der Waals surface area contributed by atoms with Gasteiger partial charge in [-0.3, -0.25) is 4.79 Å². The molecule has 1 unspecified atom stereocenters. The largest absolute Gasteiger partial charge is 0.330 e. The van der Waals surface area contributed by atoms with Gasteiger partial charge < -0.3 is 11.1 Å². The first-order valence-corrected chi connectivity index (χ1v) is 6.16. The Morgan fingerprint density at radius 3 is 2.82 bits per heavy atom. The van der Waals surface area contributed by atoms with Crippen LogP contribution in [-0.4, -0.2) is 12.5 Å². The molecular formula is C13H19ClN2O. The first-order chi connectivity index (χ1) is 8.02. The van der Waals surface area contributed by atoms with Crippen molar-refractivity contribution in [3.05, 3.63) is 28.8 Å². The fourth-order valence-corrected chi connectivity index (χ4v) is 1.70. The van der Waals surface area contributed by atoms with Crippen molar-refractivity contribution >= 4 is 23.2 Å². The number of nitrogens with two attached hydrogens (primary N) is 1. The summed E-state index contributed by atoms with van der Waals surface area (Å²) in [5, 5.41) is 3.56. The second-order valence-electron chi connectivity index (χ2n) is 4.39. The number of aryl methyl sites for hydroxylation is 1. The average Bonchev–Trinajstić information content (AvgIpc) is 2.29. The molecule has 0 aliphatic heterocycles. The number of anilines is 1. The SMILES string of the molecule is Cc1cc(Cl)ccc1NC(=O)CCC(C)CN. The van der Waals surface area contributed by atoms with Gasteiger partial charge in [-0.2, -0.15) is 0 Å². The molecule has 0 aromatic heterocycles. The fourth-order valence-electron chi connectivity index (χ4n) is 1.48. The van der Waals surface area contributed by atoms with Gasteiger partial charge in [0.05, 0.1) is 0 Å². The lowest BCUT2D eigenvalue weighted by Crippen LogP contribution is -2.16. The molecule has 0 spiro atoms. The molecule has 4 heteroatoms. The van der Waals surface area contributed by atoms with E-state index in [1.165, 1.54) is 0 Å². The van der Waals surface area contributed by atoms with Crippen molar-refractivity contribution < 1.29 is 4.79 Å². The number of carbonyl (C=O) groups is 1. The molecule has 3 nitrogen and oxygen atoms in total. The van der Waals surface area contributed by atoms with Crippen molar-refractivity contribution in [3.8, 4) is 0 Å². The van der Waals surface area contributed by atoms with Crippen molar-refractivity contribution in [1.29, 1.82) is 0 Å². The van der Waals surface area contributed by atoms with E-state index in [4.69, 9.17) is 17.3 Å². The molecule has 0 aliphatic carbocycles. The van der Waals surface area contributed by atoms with Gasteiger partial charge in [-0.1, -0.05) is 18.5 Å². The second kappa shape index (κ2) is 6.62. The number of halogens is 1. The zero-order valence-corrected chi connectivity index (χ0v) is 11.1. The maximum atomic E-state index is 11.7. The second-order valence-corrected chi connectivity index (χ2v) is 4.82. The van der Waals surface area contributed by atoms with Crippen LogP contribution in [-0.2, 0) is 4.79 Å². The summed E-state index contributed by atoms with van der Waals surface area (Å²) < 4.78 is 0. The predicted octanol–water partition coefficient (Wildman–Crippen LogP) is 2.96. The van der Waals surface area contributed by atoms with Crippen LogP contribution in [0.25, 0.3) is 0 Å². The Labute approximate surface area is 107 Å². The molecule has 94 valence electrons. The maximum Gasteiger partial charge on any atom is 0.224 e. The lowest BCUT2D eigenvalue weighted by Gasteiger charge is -2.10. The van der Waals surface area contributed by atoms with Crippen molar-refractivity contribution in [2.75, 3.05) is 11.9 Å². The van der Waals surface area contributed by atoms with Gasteiger partial charge in [0.1, 0.15) is 0 Å². The van der Waals surface area contributed by atoms with E-state index < -0.39 is 0 Å². The van der Waals surface area contributed by atoms with E-state index in [0.717, 1.165) is 17.7 Å². The van der Waals surface area contributed by atoms with Gasteiger partial charge in [-0.15, -0.1) is 0 Å². The number of amides is 1. The molecule has 1 rings (SSSR count). The summed E-state index contributed by atoms with van der Waals surface area (Å²) in [6.07, 6.45) is 1.31. The molecule has 0 heterocycles. The third kappa shape index (κ3) is 4.75. The summed E-state index contributed by atoms with van der Waals surface area (Å²) in [5.74, 6) is 0.405. The summed E-state index contributed by atoms with van der Waals surface area (Å²) in [6.45, 7) is 4.58. The maximum absolute atomic E-state index is 11.7. The van der Waals surface area contributed by atoms with Crippen molar-refractivity contribution in [3.63, 3.8) is 0 Å². The summed E-state index contributed by atoms with van der Waals surface area (Å²) in [4.78, 5) is 11.7. The van der Waals surface area contributed by atoms with E-state index in [-0.39, 0.29) is 5.91 Å². The van der Waals surface area contributed by atoms with Gasteiger partial charge in [0.15, 0.2) is 0 Å². The van der Waals surface area contributed by atoms with E-state index in [0.29, 0.717) is 23.9 Å². The Morgan fingerprint density at radius 1 is 1.53 bits per heavy atom. The number of carbonyl (C=O) groups excluding carboxylic acids is 1. The highest BCUT2D eigenvalue weighted by atomic mass is 35.5. The molecule has 0 aliphatic rings. The minimum absolute atomic E-state index is 0.0238. The molecule has 0 saturated heterocycles. The molecule has 0 saturated carbocycles. The highest BCUT2D eigenvalue weighted by Crippen LogP contribution is 2.20. The smallest absolute Gasteiger partial charge is 0.224 e.